The lowest BCUT2D eigenvalue weighted by molar-refractivity contribution is 0.0906. The molecule has 2 unspecified atom stereocenters. The SMILES string of the molecule is COc1cc(C(=O)C2CC3CCC(C2)S3)cc(OC)c1OC. The van der Waals surface area contributed by atoms with E-state index < -0.39 is 0 Å². The quantitative estimate of drug-likeness (QED) is 0.776. The molecule has 0 saturated carbocycles. The van der Waals surface area contributed by atoms with Crippen molar-refractivity contribution in [3.8, 4) is 17.2 Å². The molecule has 1 aromatic carbocycles. The van der Waals surface area contributed by atoms with Crippen LogP contribution in [-0.2, 0) is 0 Å². The van der Waals surface area contributed by atoms with E-state index in [4.69, 9.17) is 14.2 Å². The molecular weight excluding hydrogens is 300 g/mol. The molecule has 22 heavy (non-hydrogen) atoms. The van der Waals surface area contributed by atoms with E-state index in [0.29, 0.717) is 33.3 Å². The van der Waals surface area contributed by atoms with Crippen molar-refractivity contribution in [3.63, 3.8) is 0 Å². The molecule has 3 rings (SSSR count). The van der Waals surface area contributed by atoms with Crippen molar-refractivity contribution in [1.29, 1.82) is 0 Å². The Bertz CT molecular complexity index is 535. The lowest BCUT2D eigenvalue weighted by atomic mass is 9.90. The Kier molecular flexibility index (Phi) is 4.52. The second-order valence-corrected chi connectivity index (χ2v) is 7.51. The van der Waals surface area contributed by atoms with Gasteiger partial charge in [-0.1, -0.05) is 0 Å². The third kappa shape index (κ3) is 2.78. The van der Waals surface area contributed by atoms with Crippen molar-refractivity contribution >= 4 is 17.5 Å². The summed E-state index contributed by atoms with van der Waals surface area (Å²) in [4.78, 5) is 12.9. The molecule has 0 aromatic heterocycles. The van der Waals surface area contributed by atoms with Gasteiger partial charge in [-0.2, -0.15) is 11.8 Å². The molecule has 2 bridgehead atoms. The minimum Gasteiger partial charge on any atom is -0.493 e. The van der Waals surface area contributed by atoms with Gasteiger partial charge in [0, 0.05) is 22.0 Å². The van der Waals surface area contributed by atoms with Crippen LogP contribution in [0.15, 0.2) is 12.1 Å². The Balaban J connectivity index is 1.89. The summed E-state index contributed by atoms with van der Waals surface area (Å²) >= 11 is 2.07. The van der Waals surface area contributed by atoms with E-state index in [1.54, 1.807) is 33.5 Å². The highest BCUT2D eigenvalue weighted by atomic mass is 32.2. The van der Waals surface area contributed by atoms with Crippen LogP contribution >= 0.6 is 11.8 Å². The van der Waals surface area contributed by atoms with Crippen molar-refractivity contribution in [1.82, 2.24) is 0 Å². The molecule has 1 aromatic rings. The molecule has 0 aliphatic carbocycles. The van der Waals surface area contributed by atoms with E-state index in [1.165, 1.54) is 12.8 Å². The number of hydrogen-bond acceptors (Lipinski definition) is 5. The minimum atomic E-state index is 0.126. The summed E-state index contributed by atoms with van der Waals surface area (Å²) < 4.78 is 16.0. The van der Waals surface area contributed by atoms with E-state index in [9.17, 15) is 4.79 Å². The van der Waals surface area contributed by atoms with Gasteiger partial charge < -0.3 is 14.2 Å². The van der Waals surface area contributed by atoms with Gasteiger partial charge >= 0.3 is 0 Å². The van der Waals surface area contributed by atoms with E-state index in [1.807, 2.05) is 0 Å². The molecule has 2 aliphatic rings. The number of ketones is 1. The van der Waals surface area contributed by atoms with Crippen molar-refractivity contribution in [2.24, 2.45) is 5.92 Å². The molecule has 0 radical (unpaired) electrons. The summed E-state index contributed by atoms with van der Waals surface area (Å²) in [5.74, 6) is 1.94. The number of methoxy groups -OCH3 is 3. The zero-order valence-corrected chi connectivity index (χ0v) is 14.1. The molecule has 5 heteroatoms. The van der Waals surface area contributed by atoms with Crippen molar-refractivity contribution in [2.45, 2.75) is 36.2 Å². The number of carbonyl (C=O) groups is 1. The molecule has 0 spiro atoms. The zero-order chi connectivity index (χ0) is 15.7. The molecule has 2 saturated heterocycles. The van der Waals surface area contributed by atoms with Crippen LogP contribution in [0.3, 0.4) is 0 Å². The fourth-order valence-electron chi connectivity index (χ4n) is 3.53. The highest BCUT2D eigenvalue weighted by Crippen LogP contribution is 2.47. The monoisotopic (exact) mass is 322 g/mol. The number of rotatable bonds is 5. The molecule has 0 amide bonds. The lowest BCUT2D eigenvalue weighted by Crippen LogP contribution is -2.24. The van der Waals surface area contributed by atoms with Gasteiger partial charge in [0.1, 0.15) is 0 Å². The van der Waals surface area contributed by atoms with E-state index in [-0.39, 0.29) is 11.7 Å². The van der Waals surface area contributed by atoms with E-state index >= 15 is 0 Å². The molecule has 4 nitrogen and oxygen atoms in total. The van der Waals surface area contributed by atoms with Crippen LogP contribution in [0.2, 0.25) is 0 Å². The van der Waals surface area contributed by atoms with Crippen LogP contribution in [0.25, 0.3) is 0 Å². The van der Waals surface area contributed by atoms with Gasteiger partial charge in [-0.3, -0.25) is 4.79 Å². The standard InChI is InChI=1S/C17H22O4S/c1-19-14-8-11(9-15(20-2)17(14)21-3)16(18)10-6-12-4-5-13(7-10)22-12/h8-10,12-13H,4-7H2,1-3H3. The summed E-state index contributed by atoms with van der Waals surface area (Å²) in [5.41, 5.74) is 0.658. The third-order valence-corrected chi connectivity index (χ3v) is 6.24. The third-order valence-electron chi connectivity index (χ3n) is 4.61. The van der Waals surface area contributed by atoms with Crippen LogP contribution in [0.1, 0.15) is 36.0 Å². The van der Waals surface area contributed by atoms with Crippen molar-refractivity contribution in [2.75, 3.05) is 21.3 Å². The Morgan fingerprint density at radius 3 is 2.00 bits per heavy atom. The summed E-state index contributed by atoms with van der Waals surface area (Å²) in [6.45, 7) is 0. The number of benzene rings is 1. The van der Waals surface area contributed by atoms with Crippen LogP contribution in [0, 0.1) is 5.92 Å². The Hall–Kier alpha value is -1.36. The first-order valence-electron chi connectivity index (χ1n) is 7.66. The predicted octanol–water partition coefficient (Wildman–Crippen LogP) is 3.57. The first-order valence-corrected chi connectivity index (χ1v) is 8.60. The van der Waals surface area contributed by atoms with E-state index in [0.717, 1.165) is 12.8 Å². The highest BCUT2D eigenvalue weighted by molar-refractivity contribution is 8.00. The van der Waals surface area contributed by atoms with E-state index in [2.05, 4.69) is 11.8 Å². The Morgan fingerprint density at radius 2 is 1.55 bits per heavy atom. The Morgan fingerprint density at radius 1 is 1.00 bits per heavy atom. The number of Topliss-reactive ketones (excluding diaryl/α,β-unsaturated/α-hetero) is 1. The average Bonchev–Trinajstić information content (AvgIpc) is 2.90. The van der Waals surface area contributed by atoms with Gasteiger partial charge in [0.25, 0.3) is 0 Å². The zero-order valence-electron chi connectivity index (χ0n) is 13.3. The number of thioether (sulfide) groups is 1. The summed E-state index contributed by atoms with van der Waals surface area (Å²) in [6, 6.07) is 3.54. The summed E-state index contributed by atoms with van der Waals surface area (Å²) in [7, 11) is 4.71. The van der Waals surface area contributed by atoms with Crippen LogP contribution in [0.4, 0.5) is 0 Å². The number of carbonyl (C=O) groups excluding carboxylic acids is 1. The van der Waals surface area contributed by atoms with Gasteiger partial charge in [0.05, 0.1) is 21.3 Å². The topological polar surface area (TPSA) is 44.8 Å². The Labute approximate surface area is 135 Å². The average molecular weight is 322 g/mol. The van der Waals surface area contributed by atoms with Crippen molar-refractivity contribution in [3.05, 3.63) is 17.7 Å². The largest absolute Gasteiger partial charge is 0.493 e. The number of hydrogen-bond donors (Lipinski definition) is 0. The smallest absolute Gasteiger partial charge is 0.203 e. The second-order valence-electron chi connectivity index (χ2n) is 5.90. The molecular formula is C17H22O4S. The van der Waals surface area contributed by atoms with Crippen molar-refractivity contribution < 1.29 is 19.0 Å². The van der Waals surface area contributed by atoms with Gasteiger partial charge in [-0.05, 0) is 37.8 Å². The first-order chi connectivity index (χ1) is 10.7. The molecule has 2 fully saturated rings. The maximum absolute atomic E-state index is 12.9. The molecule has 120 valence electrons. The maximum Gasteiger partial charge on any atom is 0.203 e. The fourth-order valence-corrected chi connectivity index (χ4v) is 5.31. The summed E-state index contributed by atoms with van der Waals surface area (Å²) in [6.07, 6.45) is 4.51. The van der Waals surface area contributed by atoms with Crippen LogP contribution in [-0.4, -0.2) is 37.6 Å². The molecule has 2 atom stereocenters. The minimum absolute atomic E-state index is 0.126. The predicted molar refractivity (Wildman–Crippen MR) is 87.6 cm³/mol. The van der Waals surface area contributed by atoms with Gasteiger partial charge in [0.2, 0.25) is 5.75 Å². The molecule has 2 heterocycles. The van der Waals surface area contributed by atoms with Gasteiger partial charge in [-0.25, -0.2) is 0 Å². The first kappa shape index (κ1) is 15.5. The second kappa shape index (κ2) is 6.41. The molecule has 0 N–H and O–H groups in total. The fraction of sp³-hybridized carbons (Fsp3) is 0.588. The summed E-state index contributed by atoms with van der Waals surface area (Å²) in [5, 5.41) is 1.32. The highest BCUT2D eigenvalue weighted by Gasteiger charge is 2.38. The number of fused-ring (bicyclic) bond motifs is 2. The van der Waals surface area contributed by atoms with Gasteiger partial charge in [0.15, 0.2) is 17.3 Å². The maximum atomic E-state index is 12.9. The van der Waals surface area contributed by atoms with Crippen LogP contribution < -0.4 is 14.2 Å². The molecule has 2 aliphatic heterocycles. The normalized spacial score (nSPS) is 26.6. The number of ether oxygens (including phenoxy) is 3. The van der Waals surface area contributed by atoms with Gasteiger partial charge in [-0.15, -0.1) is 0 Å². The lowest BCUT2D eigenvalue weighted by Gasteiger charge is -2.26. The van der Waals surface area contributed by atoms with Crippen LogP contribution in [0.5, 0.6) is 17.2 Å².